The summed E-state index contributed by atoms with van der Waals surface area (Å²) in [5.74, 6) is 0. The molecular weight excluding hydrogens is 290 g/mol. The number of phosphoric acid groups is 1. The van der Waals surface area contributed by atoms with Crippen LogP contribution in [0.3, 0.4) is 0 Å². The van der Waals surface area contributed by atoms with Crippen molar-refractivity contribution >= 4 is 22.1 Å². The summed E-state index contributed by atoms with van der Waals surface area (Å²) >= 11 is 0. The van der Waals surface area contributed by atoms with Gasteiger partial charge in [0.15, 0.2) is 0 Å². The van der Waals surface area contributed by atoms with Crippen molar-refractivity contribution < 1.29 is 42.7 Å². The van der Waals surface area contributed by atoms with Gasteiger partial charge in [-0.3, -0.25) is 4.52 Å². The molecule has 0 aliphatic heterocycles. The minimum atomic E-state index is -4.84. The number of hydrogen-bond donors (Lipinski definition) is 4. The second-order valence-electron chi connectivity index (χ2n) is 3.39. The smallest absolute Gasteiger partial charge is 0.388 e. The van der Waals surface area contributed by atoms with Crippen molar-refractivity contribution in [2.45, 2.75) is 18.6 Å². The summed E-state index contributed by atoms with van der Waals surface area (Å²) in [5, 5.41) is 9.56. The molecule has 0 spiro atoms. The first-order valence-corrected chi connectivity index (χ1v) is 8.32. The van der Waals surface area contributed by atoms with Crippen molar-refractivity contribution in [3.63, 3.8) is 0 Å². The molecule has 0 aromatic carbocycles. The van der Waals surface area contributed by atoms with Gasteiger partial charge in [0, 0.05) is 6.42 Å². The largest absolute Gasteiger partial charge is 0.469 e. The van der Waals surface area contributed by atoms with E-state index in [0.29, 0.717) is 6.29 Å². The lowest BCUT2D eigenvalue weighted by Gasteiger charge is -2.21. The molecule has 0 aliphatic rings. The van der Waals surface area contributed by atoms with E-state index in [1.54, 1.807) is 0 Å². The molecule has 4 N–H and O–H groups in total. The predicted octanol–water partition coefficient (Wildman–Crippen LogP) is -0.538. The molecule has 9 nitrogen and oxygen atoms in total. The number of hydrogen-bond acceptors (Lipinski definition) is 7. The molecule has 0 bridgehead atoms. The van der Waals surface area contributed by atoms with Crippen LogP contribution in [0.15, 0.2) is 0 Å². The second kappa shape index (κ2) is 7.59. The molecular formula is C7H17O9P2+. The van der Waals surface area contributed by atoms with Crippen molar-refractivity contribution in [1.29, 1.82) is 0 Å². The number of carbonyl (C=O) groups is 1. The zero-order valence-corrected chi connectivity index (χ0v) is 11.7. The summed E-state index contributed by atoms with van der Waals surface area (Å²) < 4.78 is 24.3. The van der Waals surface area contributed by atoms with E-state index in [1.807, 2.05) is 0 Å². The molecule has 0 rings (SSSR count). The summed E-state index contributed by atoms with van der Waals surface area (Å²) in [4.78, 5) is 36.9. The first kappa shape index (κ1) is 18.0. The molecule has 0 aromatic heterocycles. The van der Waals surface area contributed by atoms with Gasteiger partial charge in [-0.1, -0.05) is 0 Å². The second-order valence-corrected chi connectivity index (χ2v) is 6.81. The Morgan fingerprint density at radius 1 is 1.44 bits per heavy atom. The molecule has 3 atom stereocenters. The van der Waals surface area contributed by atoms with Crippen LogP contribution < -0.4 is 0 Å². The topological polar surface area (TPSA) is 143 Å². The number of phosphoric ester groups is 1. The molecule has 18 heavy (non-hydrogen) atoms. The van der Waals surface area contributed by atoms with Gasteiger partial charge in [-0.15, -0.1) is 0 Å². The Kier molecular flexibility index (Phi) is 7.61. The Bertz CT molecular complexity index is 301. The Hall–Kier alpha value is 0.0500. The zero-order valence-electron chi connectivity index (χ0n) is 9.87. The first-order chi connectivity index (χ1) is 8.11. The first-order valence-electron chi connectivity index (χ1n) is 4.76. The summed E-state index contributed by atoms with van der Waals surface area (Å²) in [6.45, 7) is 0.769. The quantitative estimate of drug-likeness (QED) is 0.326. The average molecular weight is 307 g/mol. The number of rotatable bonds is 9. The van der Waals surface area contributed by atoms with E-state index < -0.39 is 41.0 Å². The molecule has 11 heteroatoms. The van der Waals surface area contributed by atoms with E-state index in [9.17, 15) is 19.4 Å². The maximum Gasteiger partial charge on any atom is 0.469 e. The van der Waals surface area contributed by atoms with Crippen molar-refractivity contribution in [2.24, 2.45) is 0 Å². The third-order valence-electron chi connectivity index (χ3n) is 1.85. The van der Waals surface area contributed by atoms with Crippen LogP contribution in [0.2, 0.25) is 0 Å². The van der Waals surface area contributed by atoms with Crippen LogP contribution in [0.1, 0.15) is 6.42 Å². The van der Waals surface area contributed by atoms with Crippen LogP contribution in [-0.2, 0) is 22.9 Å². The molecule has 108 valence electrons. The lowest BCUT2D eigenvalue weighted by atomic mass is 10.2. The highest BCUT2D eigenvalue weighted by Gasteiger charge is 2.35. The molecule has 0 saturated carbocycles. The highest BCUT2D eigenvalue weighted by molar-refractivity contribution is 7.59. The highest BCUT2D eigenvalue weighted by atomic mass is 31.2. The van der Waals surface area contributed by atoms with E-state index in [-0.39, 0.29) is 0 Å². The number of aldehydes is 1. The van der Waals surface area contributed by atoms with Crippen LogP contribution in [0, 0.1) is 0 Å². The van der Waals surface area contributed by atoms with Gasteiger partial charge in [0.25, 0.3) is 0 Å². The fourth-order valence-electron chi connectivity index (χ4n) is 0.916. The third kappa shape index (κ3) is 8.20. The molecule has 0 aliphatic carbocycles. The van der Waals surface area contributed by atoms with Gasteiger partial charge >= 0.3 is 15.8 Å². The Morgan fingerprint density at radius 2 is 2.00 bits per heavy atom. The number of carbonyl (C=O) groups excluding carboxylic acids is 1. The minimum absolute atomic E-state index is 0.340. The maximum absolute atomic E-state index is 10.6. The monoisotopic (exact) mass is 307 g/mol. The summed E-state index contributed by atoms with van der Waals surface area (Å²) in [6, 6.07) is 0. The fraction of sp³-hybridized carbons (Fsp3) is 0.857. The average Bonchev–Trinajstić information content (AvgIpc) is 2.24. The minimum Gasteiger partial charge on any atom is -0.388 e. The van der Waals surface area contributed by atoms with Gasteiger partial charge in [0.05, 0.1) is 7.11 Å². The molecule has 3 unspecified atom stereocenters. The van der Waals surface area contributed by atoms with E-state index >= 15 is 0 Å². The van der Waals surface area contributed by atoms with Gasteiger partial charge in [-0.25, -0.2) is 4.57 Å². The molecule has 0 saturated heterocycles. The van der Waals surface area contributed by atoms with Gasteiger partial charge in [-0.2, -0.15) is 13.9 Å². The predicted molar refractivity (Wildman–Crippen MR) is 61.6 cm³/mol. The molecule has 0 fully saturated rings. The van der Waals surface area contributed by atoms with Crippen molar-refractivity contribution in [1.82, 2.24) is 0 Å². The zero-order chi connectivity index (χ0) is 14.4. The van der Waals surface area contributed by atoms with E-state index in [0.717, 1.165) is 0 Å². The van der Waals surface area contributed by atoms with Crippen LogP contribution >= 0.6 is 15.8 Å². The van der Waals surface area contributed by atoms with Gasteiger partial charge in [-0.05, 0) is 0 Å². The highest BCUT2D eigenvalue weighted by Crippen LogP contribution is 2.52. The van der Waals surface area contributed by atoms with Gasteiger partial charge in [0.2, 0.25) is 0 Å². The van der Waals surface area contributed by atoms with Crippen LogP contribution in [0.5, 0.6) is 0 Å². The summed E-state index contributed by atoms with van der Waals surface area (Å²) in [5.41, 5.74) is 0. The lowest BCUT2D eigenvalue weighted by Crippen LogP contribution is -2.32. The van der Waals surface area contributed by atoms with Crippen molar-refractivity contribution in [2.75, 3.05) is 20.4 Å². The van der Waals surface area contributed by atoms with E-state index in [4.69, 9.17) is 14.3 Å². The maximum atomic E-state index is 10.6. The van der Waals surface area contributed by atoms with Crippen molar-refractivity contribution in [3.8, 4) is 0 Å². The normalized spacial score (nSPS) is 19.0. The van der Waals surface area contributed by atoms with E-state index in [2.05, 4.69) is 9.05 Å². The molecule has 0 radical (unpaired) electrons. The van der Waals surface area contributed by atoms with Crippen LogP contribution in [0.4, 0.5) is 0 Å². The molecule has 0 amide bonds. The standard InChI is InChI=1S/C7H16O9P2/c1-14-17(2,10)15-5-6(9)7(3-4-8)16-18(11,12)13/h4,6-7,9-10H,3,5H2,1-2H3,(H-,11,12,13)/p+1. The fourth-order valence-corrected chi connectivity index (χ4v) is 2.03. The lowest BCUT2D eigenvalue weighted by molar-refractivity contribution is -0.111. The number of aliphatic hydroxyl groups excluding tert-OH is 1. The van der Waals surface area contributed by atoms with Gasteiger partial charge < -0.3 is 19.7 Å². The number of aliphatic hydroxyl groups is 1. The Labute approximate surface area is 105 Å². The third-order valence-corrected chi connectivity index (χ3v) is 3.71. The summed E-state index contributed by atoms with van der Waals surface area (Å²) in [6.07, 6.45) is -3.01. The molecule has 0 heterocycles. The summed E-state index contributed by atoms with van der Waals surface area (Å²) in [7, 11) is -6.72. The van der Waals surface area contributed by atoms with Gasteiger partial charge in [0.1, 0.15) is 31.8 Å². The Morgan fingerprint density at radius 3 is 2.39 bits per heavy atom. The molecule has 0 aromatic rings. The Balaban J connectivity index is 4.43. The van der Waals surface area contributed by atoms with Crippen LogP contribution in [0.25, 0.3) is 0 Å². The van der Waals surface area contributed by atoms with Crippen LogP contribution in [-0.4, -0.2) is 58.7 Å². The van der Waals surface area contributed by atoms with E-state index in [1.165, 1.54) is 13.8 Å². The van der Waals surface area contributed by atoms with Crippen molar-refractivity contribution in [3.05, 3.63) is 0 Å². The SMILES string of the molecule is CO[P+](C)(O)OCC(O)C(CC=O)OP(=O)(O)O.